The summed E-state index contributed by atoms with van der Waals surface area (Å²) in [7, 11) is 3.90. The number of rotatable bonds is 3. The SMILES string of the molecule is CN(C)c1ccc(NC(=O)c2cc(N)c(Cl)c(Cl)c2)cc1. The van der Waals surface area contributed by atoms with Crippen LogP contribution in [0.5, 0.6) is 0 Å². The highest BCUT2D eigenvalue weighted by molar-refractivity contribution is 6.44. The van der Waals surface area contributed by atoms with Gasteiger partial charge in [0.2, 0.25) is 0 Å². The van der Waals surface area contributed by atoms with Gasteiger partial charge in [0.15, 0.2) is 0 Å². The van der Waals surface area contributed by atoms with Crippen LogP contribution < -0.4 is 16.0 Å². The molecule has 0 saturated heterocycles. The van der Waals surface area contributed by atoms with E-state index in [4.69, 9.17) is 28.9 Å². The fourth-order valence-corrected chi connectivity index (χ4v) is 2.12. The summed E-state index contributed by atoms with van der Waals surface area (Å²) in [6.45, 7) is 0. The molecule has 6 heteroatoms. The average Bonchev–Trinajstić information content (AvgIpc) is 2.44. The third-order valence-corrected chi connectivity index (χ3v) is 3.78. The van der Waals surface area contributed by atoms with Gasteiger partial charge in [-0.3, -0.25) is 4.79 Å². The summed E-state index contributed by atoms with van der Waals surface area (Å²) in [5.74, 6) is -0.294. The van der Waals surface area contributed by atoms with Crippen molar-refractivity contribution in [3.63, 3.8) is 0 Å². The molecule has 110 valence electrons. The van der Waals surface area contributed by atoms with Gasteiger partial charge >= 0.3 is 0 Å². The zero-order valence-corrected chi connectivity index (χ0v) is 13.2. The lowest BCUT2D eigenvalue weighted by atomic mass is 10.2. The number of nitrogens with zero attached hydrogens (tertiary/aromatic N) is 1. The minimum Gasteiger partial charge on any atom is -0.397 e. The number of nitrogens with two attached hydrogens (primary N) is 1. The van der Waals surface area contributed by atoms with E-state index in [-0.39, 0.29) is 21.6 Å². The topological polar surface area (TPSA) is 58.4 Å². The Hall–Kier alpha value is -1.91. The van der Waals surface area contributed by atoms with E-state index in [1.54, 1.807) is 0 Å². The molecule has 1 amide bonds. The van der Waals surface area contributed by atoms with Gasteiger partial charge in [-0.05, 0) is 36.4 Å². The lowest BCUT2D eigenvalue weighted by Gasteiger charge is -2.13. The first-order valence-electron chi connectivity index (χ1n) is 6.21. The van der Waals surface area contributed by atoms with Crippen LogP contribution in [-0.4, -0.2) is 20.0 Å². The Morgan fingerprint density at radius 3 is 2.29 bits per heavy atom. The number of hydrogen-bond acceptors (Lipinski definition) is 3. The number of anilines is 3. The minimum atomic E-state index is -0.294. The zero-order valence-electron chi connectivity index (χ0n) is 11.7. The lowest BCUT2D eigenvalue weighted by Crippen LogP contribution is -2.13. The molecule has 0 spiro atoms. The number of nitrogen functional groups attached to an aromatic ring is 1. The van der Waals surface area contributed by atoms with E-state index in [2.05, 4.69) is 5.32 Å². The monoisotopic (exact) mass is 323 g/mol. The maximum Gasteiger partial charge on any atom is 0.255 e. The van der Waals surface area contributed by atoms with Crippen molar-refractivity contribution in [2.45, 2.75) is 0 Å². The summed E-state index contributed by atoms with van der Waals surface area (Å²) in [6.07, 6.45) is 0. The molecule has 0 aliphatic rings. The van der Waals surface area contributed by atoms with E-state index in [1.807, 2.05) is 43.3 Å². The van der Waals surface area contributed by atoms with Gasteiger partial charge in [0.25, 0.3) is 5.91 Å². The fraction of sp³-hybridized carbons (Fsp3) is 0.133. The van der Waals surface area contributed by atoms with Gasteiger partial charge in [-0.1, -0.05) is 23.2 Å². The van der Waals surface area contributed by atoms with Crippen LogP contribution in [-0.2, 0) is 0 Å². The van der Waals surface area contributed by atoms with Gasteiger partial charge in [-0.15, -0.1) is 0 Å². The molecule has 0 bridgehead atoms. The van der Waals surface area contributed by atoms with Gasteiger partial charge in [0.1, 0.15) is 0 Å². The normalized spacial score (nSPS) is 10.3. The third-order valence-electron chi connectivity index (χ3n) is 2.96. The molecule has 4 nitrogen and oxygen atoms in total. The maximum atomic E-state index is 12.2. The van der Waals surface area contributed by atoms with Gasteiger partial charge in [0, 0.05) is 31.0 Å². The number of benzene rings is 2. The van der Waals surface area contributed by atoms with Crippen LogP contribution in [0.3, 0.4) is 0 Å². The Bertz CT molecular complexity index is 646. The minimum absolute atomic E-state index is 0.253. The van der Waals surface area contributed by atoms with Crippen molar-refractivity contribution in [1.29, 1.82) is 0 Å². The van der Waals surface area contributed by atoms with E-state index in [9.17, 15) is 4.79 Å². The Balaban J connectivity index is 2.18. The standard InChI is InChI=1S/C15H15Cl2N3O/c1-20(2)11-5-3-10(4-6-11)19-15(21)9-7-12(16)14(17)13(18)8-9/h3-8H,18H2,1-2H3,(H,19,21). The molecule has 3 N–H and O–H groups in total. The first-order chi connectivity index (χ1) is 9.88. The summed E-state index contributed by atoms with van der Waals surface area (Å²) in [4.78, 5) is 14.1. The number of hydrogen-bond donors (Lipinski definition) is 2. The van der Waals surface area contributed by atoms with Crippen molar-refractivity contribution in [3.05, 3.63) is 52.0 Å². The molecule has 0 aliphatic heterocycles. The van der Waals surface area contributed by atoms with E-state index in [0.29, 0.717) is 11.3 Å². The molecule has 0 saturated carbocycles. The van der Waals surface area contributed by atoms with E-state index >= 15 is 0 Å². The summed E-state index contributed by atoms with van der Waals surface area (Å²) in [5.41, 5.74) is 8.08. The Labute approximate surface area is 133 Å². The van der Waals surface area contributed by atoms with Gasteiger partial charge in [-0.25, -0.2) is 0 Å². The third kappa shape index (κ3) is 3.60. The number of carbonyl (C=O) groups is 1. The highest BCUT2D eigenvalue weighted by Crippen LogP contribution is 2.29. The molecule has 0 fully saturated rings. The van der Waals surface area contributed by atoms with Crippen LogP contribution in [0.25, 0.3) is 0 Å². The zero-order chi connectivity index (χ0) is 15.6. The van der Waals surface area contributed by atoms with Crippen molar-refractivity contribution in [2.24, 2.45) is 0 Å². The van der Waals surface area contributed by atoms with Gasteiger partial charge in [0.05, 0.1) is 15.7 Å². The molecule has 21 heavy (non-hydrogen) atoms. The Morgan fingerprint density at radius 1 is 1.14 bits per heavy atom. The lowest BCUT2D eigenvalue weighted by molar-refractivity contribution is 0.102. The van der Waals surface area contributed by atoms with Crippen LogP contribution >= 0.6 is 23.2 Å². The molecule has 0 heterocycles. The number of nitrogens with one attached hydrogen (secondary N) is 1. The summed E-state index contributed by atoms with van der Waals surface area (Å²) >= 11 is 11.8. The maximum absolute atomic E-state index is 12.2. The van der Waals surface area contributed by atoms with Crippen molar-refractivity contribution >= 4 is 46.2 Å². The second-order valence-corrected chi connectivity index (χ2v) is 5.54. The second-order valence-electron chi connectivity index (χ2n) is 4.76. The van der Waals surface area contributed by atoms with Crippen LogP contribution in [0.1, 0.15) is 10.4 Å². The van der Waals surface area contributed by atoms with Crippen molar-refractivity contribution < 1.29 is 4.79 Å². The molecule has 2 rings (SSSR count). The van der Waals surface area contributed by atoms with Crippen LogP contribution in [0.15, 0.2) is 36.4 Å². The summed E-state index contributed by atoms with van der Waals surface area (Å²) < 4.78 is 0. The molecular formula is C15H15Cl2N3O. The molecular weight excluding hydrogens is 309 g/mol. The predicted octanol–water partition coefficient (Wildman–Crippen LogP) is 3.89. The molecule has 0 unspecified atom stereocenters. The van der Waals surface area contributed by atoms with Crippen molar-refractivity contribution in [1.82, 2.24) is 0 Å². The molecule has 0 radical (unpaired) electrons. The van der Waals surface area contributed by atoms with Gasteiger partial charge in [-0.2, -0.15) is 0 Å². The average molecular weight is 324 g/mol. The van der Waals surface area contributed by atoms with Crippen LogP contribution in [0.4, 0.5) is 17.1 Å². The van der Waals surface area contributed by atoms with Crippen LogP contribution in [0.2, 0.25) is 10.0 Å². The predicted molar refractivity (Wildman–Crippen MR) is 89.6 cm³/mol. The van der Waals surface area contributed by atoms with Crippen LogP contribution in [0, 0.1) is 0 Å². The first kappa shape index (κ1) is 15.5. The second kappa shape index (κ2) is 6.24. The fourth-order valence-electron chi connectivity index (χ4n) is 1.79. The Kier molecular flexibility index (Phi) is 4.60. The molecule has 2 aromatic carbocycles. The summed E-state index contributed by atoms with van der Waals surface area (Å²) in [5, 5.41) is 3.29. The number of halogens is 2. The highest BCUT2D eigenvalue weighted by atomic mass is 35.5. The largest absolute Gasteiger partial charge is 0.397 e. The van der Waals surface area contributed by atoms with E-state index in [1.165, 1.54) is 12.1 Å². The van der Waals surface area contributed by atoms with E-state index in [0.717, 1.165) is 5.69 Å². The molecule has 0 aliphatic carbocycles. The smallest absolute Gasteiger partial charge is 0.255 e. The molecule has 0 atom stereocenters. The number of carbonyl (C=O) groups excluding carboxylic acids is 1. The quantitative estimate of drug-likeness (QED) is 0.842. The van der Waals surface area contributed by atoms with Gasteiger partial charge < -0.3 is 16.0 Å². The highest BCUT2D eigenvalue weighted by Gasteiger charge is 2.11. The molecule has 0 aromatic heterocycles. The van der Waals surface area contributed by atoms with Crippen molar-refractivity contribution in [3.8, 4) is 0 Å². The number of amides is 1. The first-order valence-corrected chi connectivity index (χ1v) is 6.97. The van der Waals surface area contributed by atoms with Crippen molar-refractivity contribution in [2.75, 3.05) is 30.0 Å². The molecule has 2 aromatic rings. The summed E-state index contributed by atoms with van der Waals surface area (Å²) in [6, 6.07) is 10.5. The Morgan fingerprint density at radius 2 is 1.76 bits per heavy atom. The van der Waals surface area contributed by atoms with E-state index < -0.39 is 0 Å².